The maximum atomic E-state index is 12.4. The molecule has 0 heterocycles. The van der Waals surface area contributed by atoms with Gasteiger partial charge in [-0.1, -0.05) is 17.7 Å². The smallest absolute Gasteiger partial charge is 0.407 e. The molecular weight excluding hydrogens is 434 g/mol. The molecule has 2 rings (SSSR count). The van der Waals surface area contributed by atoms with Gasteiger partial charge in [0.05, 0.1) is 0 Å². The molecule has 2 aromatic carbocycles. The van der Waals surface area contributed by atoms with Crippen LogP contribution in [0.3, 0.4) is 0 Å². The van der Waals surface area contributed by atoms with Crippen LogP contribution < -0.4 is 20.7 Å². The number of carbonyl (C=O) groups excluding carboxylic acids is 3. The molecule has 2 aromatic rings. The van der Waals surface area contributed by atoms with Crippen LogP contribution in [0.4, 0.5) is 16.2 Å². The van der Waals surface area contributed by atoms with Gasteiger partial charge in [-0.3, -0.25) is 9.59 Å². The van der Waals surface area contributed by atoms with Crippen molar-refractivity contribution < 1.29 is 23.9 Å². The zero-order valence-electron chi connectivity index (χ0n) is 18.5. The molecule has 0 aromatic heterocycles. The maximum absolute atomic E-state index is 12.4. The van der Waals surface area contributed by atoms with Gasteiger partial charge >= 0.3 is 6.09 Å². The van der Waals surface area contributed by atoms with E-state index in [-0.39, 0.29) is 24.8 Å². The Morgan fingerprint density at radius 2 is 1.62 bits per heavy atom. The normalized spacial score (nSPS) is 11.8. The van der Waals surface area contributed by atoms with Gasteiger partial charge in [-0.2, -0.15) is 0 Å². The van der Waals surface area contributed by atoms with Gasteiger partial charge in [-0.15, -0.1) is 0 Å². The average Bonchev–Trinajstić information content (AvgIpc) is 2.68. The van der Waals surface area contributed by atoms with E-state index in [0.29, 0.717) is 22.1 Å². The second-order valence-electron chi connectivity index (χ2n) is 8.01. The van der Waals surface area contributed by atoms with Crippen molar-refractivity contribution in [3.63, 3.8) is 0 Å². The predicted octanol–water partition coefficient (Wildman–Crippen LogP) is 4.60. The minimum atomic E-state index is -0.742. The van der Waals surface area contributed by atoms with E-state index in [4.69, 9.17) is 21.1 Å². The van der Waals surface area contributed by atoms with Crippen molar-refractivity contribution >= 4 is 40.9 Å². The Bertz CT molecular complexity index is 941. The quantitative estimate of drug-likeness (QED) is 0.532. The summed E-state index contributed by atoms with van der Waals surface area (Å²) in [4.78, 5) is 36.2. The van der Waals surface area contributed by atoms with Gasteiger partial charge < -0.3 is 25.4 Å². The van der Waals surface area contributed by atoms with E-state index < -0.39 is 17.8 Å². The van der Waals surface area contributed by atoms with Gasteiger partial charge in [0.2, 0.25) is 5.91 Å². The summed E-state index contributed by atoms with van der Waals surface area (Å²) < 4.78 is 10.7. The molecule has 0 fully saturated rings. The van der Waals surface area contributed by atoms with Crippen molar-refractivity contribution in [3.05, 3.63) is 53.6 Å². The van der Waals surface area contributed by atoms with Gasteiger partial charge in [-0.25, -0.2) is 4.79 Å². The van der Waals surface area contributed by atoms with E-state index in [9.17, 15) is 14.4 Å². The van der Waals surface area contributed by atoms with Gasteiger partial charge in [0.1, 0.15) is 11.4 Å². The highest BCUT2D eigenvalue weighted by atomic mass is 35.5. The van der Waals surface area contributed by atoms with Gasteiger partial charge in [0.15, 0.2) is 6.10 Å². The fraction of sp³-hybridized carbons (Fsp3) is 0.348. The summed E-state index contributed by atoms with van der Waals surface area (Å²) in [7, 11) is 0. The average molecular weight is 462 g/mol. The molecule has 0 saturated carbocycles. The third-order valence-corrected chi connectivity index (χ3v) is 4.18. The van der Waals surface area contributed by atoms with Crippen LogP contribution in [0.15, 0.2) is 48.5 Å². The van der Waals surface area contributed by atoms with E-state index >= 15 is 0 Å². The minimum absolute atomic E-state index is 0.0712. The Balaban J connectivity index is 1.82. The first-order chi connectivity index (χ1) is 15.0. The second-order valence-corrected chi connectivity index (χ2v) is 8.45. The monoisotopic (exact) mass is 461 g/mol. The van der Waals surface area contributed by atoms with Crippen LogP contribution in [0.1, 0.15) is 34.1 Å². The number of carbonyl (C=O) groups is 3. The third-order valence-electron chi connectivity index (χ3n) is 3.93. The molecule has 32 heavy (non-hydrogen) atoms. The molecule has 0 bridgehead atoms. The Morgan fingerprint density at radius 1 is 1.00 bits per heavy atom. The van der Waals surface area contributed by atoms with Crippen molar-refractivity contribution in [1.29, 1.82) is 0 Å². The first-order valence-electron chi connectivity index (χ1n) is 10.1. The number of amides is 3. The molecule has 8 nitrogen and oxygen atoms in total. The Morgan fingerprint density at radius 3 is 2.25 bits per heavy atom. The number of anilines is 2. The number of hydrogen-bond donors (Lipinski definition) is 3. The first-order valence-corrected chi connectivity index (χ1v) is 10.5. The molecule has 0 aliphatic carbocycles. The standard InChI is InChI=1S/C23H28ClN3O5/c1-15(31-19-10-8-16(24)9-11-19)21(29)27-18-7-5-6-17(14-18)26-20(28)12-13-25-22(30)32-23(2,3)4/h5-11,14-15H,12-13H2,1-4H3,(H,25,30)(H,26,28)(H,27,29). The predicted molar refractivity (Wildman–Crippen MR) is 124 cm³/mol. The minimum Gasteiger partial charge on any atom is -0.481 e. The molecule has 1 atom stereocenters. The highest BCUT2D eigenvalue weighted by Gasteiger charge is 2.17. The first kappa shape index (κ1) is 25.0. The number of ether oxygens (including phenoxy) is 2. The summed E-state index contributed by atoms with van der Waals surface area (Å²) in [5.74, 6) is -0.105. The fourth-order valence-corrected chi connectivity index (χ4v) is 2.63. The van der Waals surface area contributed by atoms with Gasteiger partial charge in [0, 0.05) is 29.4 Å². The summed E-state index contributed by atoms with van der Waals surface area (Å²) in [6, 6.07) is 13.4. The fourth-order valence-electron chi connectivity index (χ4n) is 2.51. The summed E-state index contributed by atoms with van der Waals surface area (Å²) >= 11 is 5.84. The summed E-state index contributed by atoms with van der Waals surface area (Å²) in [5.41, 5.74) is 0.414. The number of hydrogen-bond acceptors (Lipinski definition) is 5. The molecule has 0 radical (unpaired) electrons. The van der Waals surface area contributed by atoms with Crippen molar-refractivity contribution in [1.82, 2.24) is 5.32 Å². The Kier molecular flexibility index (Phi) is 8.90. The molecule has 0 aliphatic heterocycles. The van der Waals surface area contributed by atoms with E-state index in [1.54, 1.807) is 76.2 Å². The van der Waals surface area contributed by atoms with Crippen molar-refractivity contribution in [2.24, 2.45) is 0 Å². The van der Waals surface area contributed by atoms with Gasteiger partial charge in [0.25, 0.3) is 5.91 Å². The van der Waals surface area contributed by atoms with Gasteiger partial charge in [-0.05, 0) is 70.2 Å². The molecule has 3 N–H and O–H groups in total. The van der Waals surface area contributed by atoms with Crippen molar-refractivity contribution in [3.8, 4) is 5.75 Å². The number of alkyl carbamates (subject to hydrolysis) is 1. The van der Waals surface area contributed by atoms with E-state index in [2.05, 4.69) is 16.0 Å². The highest BCUT2D eigenvalue weighted by molar-refractivity contribution is 6.30. The summed E-state index contributed by atoms with van der Waals surface area (Å²) in [6.07, 6.45) is -1.25. The van der Waals surface area contributed by atoms with Crippen LogP contribution in [0.25, 0.3) is 0 Å². The van der Waals surface area contributed by atoms with Crippen molar-refractivity contribution in [2.45, 2.75) is 45.8 Å². The van der Waals surface area contributed by atoms with Crippen LogP contribution >= 0.6 is 11.6 Å². The summed E-state index contributed by atoms with van der Waals surface area (Å²) in [6.45, 7) is 7.05. The van der Waals surface area contributed by atoms with Crippen LogP contribution in [0, 0.1) is 0 Å². The lowest BCUT2D eigenvalue weighted by Crippen LogP contribution is -2.34. The Labute approximate surface area is 192 Å². The molecule has 9 heteroatoms. The third kappa shape index (κ3) is 9.26. The molecule has 0 saturated heterocycles. The SMILES string of the molecule is CC(Oc1ccc(Cl)cc1)C(=O)Nc1cccc(NC(=O)CCNC(=O)OC(C)(C)C)c1. The number of rotatable bonds is 8. The Hall–Kier alpha value is -3.26. The van der Waals surface area contributed by atoms with Crippen molar-refractivity contribution in [2.75, 3.05) is 17.2 Å². The molecule has 1 unspecified atom stereocenters. The van der Waals surface area contributed by atoms with E-state index in [1.807, 2.05) is 0 Å². The zero-order chi connectivity index (χ0) is 23.7. The van der Waals surface area contributed by atoms with Crippen LogP contribution in [-0.4, -0.2) is 36.2 Å². The molecule has 3 amide bonds. The second kappa shape index (κ2) is 11.4. The maximum Gasteiger partial charge on any atom is 0.407 e. The molecule has 0 spiro atoms. The number of benzene rings is 2. The molecular formula is C23H28ClN3O5. The molecule has 0 aliphatic rings. The highest BCUT2D eigenvalue weighted by Crippen LogP contribution is 2.19. The van der Waals surface area contributed by atoms with E-state index in [0.717, 1.165) is 0 Å². The lowest BCUT2D eigenvalue weighted by atomic mass is 10.2. The zero-order valence-corrected chi connectivity index (χ0v) is 19.3. The summed E-state index contributed by atoms with van der Waals surface area (Å²) in [5, 5.41) is 8.58. The lowest BCUT2D eigenvalue weighted by Gasteiger charge is -2.19. The van der Waals surface area contributed by atoms with Crippen LogP contribution in [0.5, 0.6) is 5.75 Å². The van der Waals surface area contributed by atoms with Crippen LogP contribution in [-0.2, 0) is 14.3 Å². The number of halogens is 1. The molecule has 172 valence electrons. The topological polar surface area (TPSA) is 106 Å². The lowest BCUT2D eigenvalue weighted by molar-refractivity contribution is -0.122. The van der Waals surface area contributed by atoms with Crippen LogP contribution in [0.2, 0.25) is 5.02 Å². The largest absolute Gasteiger partial charge is 0.481 e. The van der Waals surface area contributed by atoms with E-state index in [1.165, 1.54) is 0 Å². The number of nitrogens with one attached hydrogen (secondary N) is 3.